The Morgan fingerprint density at radius 2 is 1.77 bits per heavy atom. The van der Waals surface area contributed by atoms with E-state index in [4.69, 9.17) is 0 Å². The number of fused-ring (bicyclic) bond motifs is 5. The molecule has 0 saturated heterocycles. The summed E-state index contributed by atoms with van der Waals surface area (Å²) in [6, 6.07) is 0. The SMILES string of the molecule is CC[C@@]1(O)CCC[C@H]2[C@H](CC[C@@H]3[C@@H]2CC[C@]2(C)[C@H](C(C)=O)CCC[C@@H]32)C1. The Hall–Kier alpha value is -0.370. The summed E-state index contributed by atoms with van der Waals surface area (Å²) in [6.45, 7) is 6.48. The zero-order valence-electron chi connectivity index (χ0n) is 17.3. The van der Waals surface area contributed by atoms with Crippen LogP contribution in [0.3, 0.4) is 0 Å². The summed E-state index contributed by atoms with van der Waals surface area (Å²) in [5, 5.41) is 11.0. The summed E-state index contributed by atoms with van der Waals surface area (Å²) >= 11 is 0. The van der Waals surface area contributed by atoms with Gasteiger partial charge in [-0.05, 0) is 106 Å². The lowest BCUT2D eigenvalue weighted by atomic mass is 9.45. The molecule has 148 valence electrons. The van der Waals surface area contributed by atoms with Gasteiger partial charge in [-0.3, -0.25) is 4.79 Å². The lowest BCUT2D eigenvalue weighted by Crippen LogP contribution is -2.53. The number of carbonyl (C=O) groups excluding carboxylic acids is 1. The molecule has 1 N–H and O–H groups in total. The van der Waals surface area contributed by atoms with E-state index in [-0.39, 0.29) is 11.0 Å². The molecule has 26 heavy (non-hydrogen) atoms. The first kappa shape index (κ1) is 19.0. The van der Waals surface area contributed by atoms with Gasteiger partial charge in [-0.1, -0.05) is 26.7 Å². The largest absolute Gasteiger partial charge is 0.390 e. The van der Waals surface area contributed by atoms with Crippen molar-refractivity contribution in [3.63, 3.8) is 0 Å². The van der Waals surface area contributed by atoms with Crippen molar-refractivity contribution >= 4 is 5.78 Å². The predicted molar refractivity (Wildman–Crippen MR) is 106 cm³/mol. The van der Waals surface area contributed by atoms with Crippen LogP contribution in [0.25, 0.3) is 0 Å². The third kappa shape index (κ3) is 2.99. The number of aliphatic hydroxyl groups is 1. The molecule has 0 aliphatic heterocycles. The Labute approximate surface area is 160 Å². The quantitative estimate of drug-likeness (QED) is 0.679. The van der Waals surface area contributed by atoms with Crippen molar-refractivity contribution in [1.82, 2.24) is 0 Å². The molecule has 0 aromatic heterocycles. The molecule has 0 radical (unpaired) electrons. The molecule has 0 unspecified atom stereocenters. The van der Waals surface area contributed by atoms with E-state index in [0.717, 1.165) is 55.3 Å². The monoisotopic (exact) mass is 360 g/mol. The molecular formula is C24H40O2. The van der Waals surface area contributed by atoms with E-state index in [0.29, 0.717) is 11.7 Å². The summed E-state index contributed by atoms with van der Waals surface area (Å²) < 4.78 is 0. The molecule has 4 aliphatic rings. The molecule has 0 amide bonds. The van der Waals surface area contributed by atoms with Crippen molar-refractivity contribution in [3.05, 3.63) is 0 Å². The minimum absolute atomic E-state index is 0.271. The van der Waals surface area contributed by atoms with Gasteiger partial charge in [0.05, 0.1) is 5.60 Å². The molecule has 0 spiro atoms. The fourth-order valence-electron chi connectivity index (χ4n) is 8.38. The zero-order valence-corrected chi connectivity index (χ0v) is 17.3. The average molecular weight is 361 g/mol. The van der Waals surface area contributed by atoms with Crippen LogP contribution in [0, 0.1) is 40.9 Å². The molecule has 8 atom stereocenters. The van der Waals surface area contributed by atoms with E-state index in [2.05, 4.69) is 13.8 Å². The van der Waals surface area contributed by atoms with Crippen LogP contribution in [0.1, 0.15) is 97.8 Å². The van der Waals surface area contributed by atoms with Crippen molar-refractivity contribution in [2.45, 2.75) is 103 Å². The van der Waals surface area contributed by atoms with Gasteiger partial charge in [0, 0.05) is 5.92 Å². The fraction of sp³-hybridized carbons (Fsp3) is 0.958. The highest BCUT2D eigenvalue weighted by Crippen LogP contribution is 2.63. The molecular weight excluding hydrogens is 320 g/mol. The lowest BCUT2D eigenvalue weighted by molar-refractivity contribution is -0.141. The number of carbonyl (C=O) groups is 1. The third-order valence-electron chi connectivity index (χ3n) is 9.73. The van der Waals surface area contributed by atoms with Gasteiger partial charge in [0.25, 0.3) is 0 Å². The van der Waals surface area contributed by atoms with Gasteiger partial charge in [-0.25, -0.2) is 0 Å². The van der Waals surface area contributed by atoms with Gasteiger partial charge in [0.2, 0.25) is 0 Å². The van der Waals surface area contributed by atoms with E-state index in [9.17, 15) is 9.90 Å². The topological polar surface area (TPSA) is 37.3 Å². The number of hydrogen-bond donors (Lipinski definition) is 1. The van der Waals surface area contributed by atoms with Crippen LogP contribution in [-0.4, -0.2) is 16.5 Å². The van der Waals surface area contributed by atoms with Crippen LogP contribution < -0.4 is 0 Å². The standard InChI is InChI=1S/C24H40O2/c1-4-24(26)13-6-7-18-17(15-24)10-11-20-19(18)12-14-23(3)21(16(2)25)8-5-9-22(20)23/h17-22,26H,4-15H2,1-3H3/t17-,18+,19-,20-,21+,22+,23-,24-/m1/s1. The van der Waals surface area contributed by atoms with Crippen molar-refractivity contribution in [3.8, 4) is 0 Å². The van der Waals surface area contributed by atoms with Crippen LogP contribution in [0.4, 0.5) is 0 Å². The van der Waals surface area contributed by atoms with Crippen LogP contribution >= 0.6 is 0 Å². The second-order valence-corrected chi connectivity index (χ2v) is 10.7. The Morgan fingerprint density at radius 1 is 0.962 bits per heavy atom. The Bertz CT molecular complexity index is 542. The first-order valence-corrected chi connectivity index (χ1v) is 11.6. The highest BCUT2D eigenvalue weighted by molar-refractivity contribution is 5.79. The smallest absolute Gasteiger partial charge is 0.133 e. The van der Waals surface area contributed by atoms with Gasteiger partial charge in [0.15, 0.2) is 0 Å². The molecule has 0 bridgehead atoms. The maximum atomic E-state index is 12.4. The van der Waals surface area contributed by atoms with E-state index in [1.54, 1.807) is 0 Å². The zero-order chi connectivity index (χ0) is 18.5. The van der Waals surface area contributed by atoms with Crippen LogP contribution in [0.15, 0.2) is 0 Å². The highest BCUT2D eigenvalue weighted by Gasteiger charge is 2.56. The first-order valence-electron chi connectivity index (χ1n) is 11.6. The molecule has 4 fully saturated rings. The second-order valence-electron chi connectivity index (χ2n) is 10.7. The van der Waals surface area contributed by atoms with Gasteiger partial charge in [-0.2, -0.15) is 0 Å². The molecule has 2 heteroatoms. The Morgan fingerprint density at radius 3 is 2.50 bits per heavy atom. The summed E-state index contributed by atoms with van der Waals surface area (Å²) in [7, 11) is 0. The van der Waals surface area contributed by atoms with Crippen LogP contribution in [0.5, 0.6) is 0 Å². The maximum Gasteiger partial charge on any atom is 0.133 e. The maximum absolute atomic E-state index is 12.4. The summed E-state index contributed by atoms with van der Waals surface area (Å²) in [5.41, 5.74) is -0.118. The molecule has 0 heterocycles. The van der Waals surface area contributed by atoms with Gasteiger partial charge in [0.1, 0.15) is 5.78 Å². The minimum atomic E-state index is -0.389. The van der Waals surface area contributed by atoms with Crippen LogP contribution in [0.2, 0.25) is 0 Å². The van der Waals surface area contributed by atoms with E-state index in [1.807, 2.05) is 6.92 Å². The van der Waals surface area contributed by atoms with E-state index in [1.165, 1.54) is 51.4 Å². The predicted octanol–water partition coefficient (Wildman–Crippen LogP) is 5.77. The molecule has 0 aromatic rings. The molecule has 4 rings (SSSR count). The van der Waals surface area contributed by atoms with E-state index < -0.39 is 0 Å². The number of hydrogen-bond acceptors (Lipinski definition) is 2. The third-order valence-corrected chi connectivity index (χ3v) is 9.73. The molecule has 4 aliphatic carbocycles. The number of ketones is 1. The van der Waals surface area contributed by atoms with Crippen molar-refractivity contribution < 1.29 is 9.90 Å². The number of rotatable bonds is 2. The Balaban J connectivity index is 1.57. The average Bonchev–Trinajstić information content (AvgIpc) is 2.79. The highest BCUT2D eigenvalue weighted by atomic mass is 16.3. The van der Waals surface area contributed by atoms with Crippen molar-refractivity contribution in [1.29, 1.82) is 0 Å². The first-order chi connectivity index (χ1) is 12.4. The second kappa shape index (κ2) is 6.90. The molecule has 2 nitrogen and oxygen atoms in total. The normalized spacial score (nSPS) is 51.5. The van der Waals surface area contributed by atoms with Crippen molar-refractivity contribution in [2.75, 3.05) is 0 Å². The molecule has 0 aromatic carbocycles. The summed E-state index contributed by atoms with van der Waals surface area (Å²) in [6.07, 6.45) is 14.6. The molecule has 4 saturated carbocycles. The van der Waals surface area contributed by atoms with Crippen molar-refractivity contribution in [2.24, 2.45) is 40.9 Å². The van der Waals surface area contributed by atoms with Gasteiger partial charge in [-0.15, -0.1) is 0 Å². The summed E-state index contributed by atoms with van der Waals surface area (Å²) in [4.78, 5) is 12.4. The van der Waals surface area contributed by atoms with Gasteiger partial charge >= 0.3 is 0 Å². The number of Topliss-reactive ketones (excluding diaryl/α,β-unsaturated/α-hetero) is 1. The minimum Gasteiger partial charge on any atom is -0.390 e. The van der Waals surface area contributed by atoms with Crippen LogP contribution in [-0.2, 0) is 4.79 Å². The Kier molecular flexibility index (Phi) is 5.04. The van der Waals surface area contributed by atoms with E-state index >= 15 is 0 Å². The van der Waals surface area contributed by atoms with Gasteiger partial charge < -0.3 is 5.11 Å². The summed E-state index contributed by atoms with van der Waals surface area (Å²) in [5.74, 6) is 4.86. The fourth-order valence-corrected chi connectivity index (χ4v) is 8.38. The lowest BCUT2D eigenvalue weighted by Gasteiger charge is -2.59.